The van der Waals surface area contributed by atoms with Gasteiger partial charge in [0.25, 0.3) is 0 Å². The molecule has 0 radical (unpaired) electrons. The van der Waals surface area contributed by atoms with E-state index in [0.29, 0.717) is 56.1 Å². The summed E-state index contributed by atoms with van der Waals surface area (Å²) < 4.78 is 41.8. The molecule has 2 aromatic rings. The quantitative estimate of drug-likeness (QED) is 0.738. The lowest BCUT2D eigenvalue weighted by molar-refractivity contribution is -0.120. The molecule has 0 spiro atoms. The van der Waals surface area contributed by atoms with E-state index in [1.54, 1.807) is 41.7 Å². The number of anilines is 2. The van der Waals surface area contributed by atoms with Crippen LogP contribution in [-0.2, 0) is 14.8 Å². The first-order chi connectivity index (χ1) is 15.4. The molecule has 0 aliphatic carbocycles. The summed E-state index contributed by atoms with van der Waals surface area (Å²) in [6.45, 7) is 3.81. The molecule has 1 aromatic carbocycles. The van der Waals surface area contributed by atoms with Crippen molar-refractivity contribution in [3.63, 3.8) is 0 Å². The maximum Gasteiger partial charge on any atom is 0.246 e. The Kier molecular flexibility index (Phi) is 6.76. The minimum atomic E-state index is -3.61. The highest BCUT2D eigenvalue weighted by molar-refractivity contribution is 7.89. The second-order valence-electron chi connectivity index (χ2n) is 8.50. The fourth-order valence-electron chi connectivity index (χ4n) is 4.33. The summed E-state index contributed by atoms with van der Waals surface area (Å²) in [6.07, 6.45) is 5.55. The van der Waals surface area contributed by atoms with Gasteiger partial charge in [-0.25, -0.2) is 17.8 Å². The van der Waals surface area contributed by atoms with Gasteiger partial charge in [-0.1, -0.05) is 12.5 Å². The summed E-state index contributed by atoms with van der Waals surface area (Å²) in [7, 11) is -3.61. The average Bonchev–Trinajstić information content (AvgIpc) is 2.82. The number of carbonyl (C=O) groups excluding carboxylic acids is 1. The van der Waals surface area contributed by atoms with E-state index >= 15 is 0 Å². The number of aryl methyl sites for hydroxylation is 1. The van der Waals surface area contributed by atoms with Crippen LogP contribution < -0.4 is 10.2 Å². The maximum absolute atomic E-state index is 13.8. The Labute approximate surface area is 188 Å². The summed E-state index contributed by atoms with van der Waals surface area (Å²) in [5, 5.41) is 2.80. The van der Waals surface area contributed by atoms with Crippen molar-refractivity contribution in [1.29, 1.82) is 0 Å². The van der Waals surface area contributed by atoms with Gasteiger partial charge in [-0.15, -0.1) is 0 Å². The van der Waals surface area contributed by atoms with Gasteiger partial charge in [-0.05, 0) is 62.4 Å². The van der Waals surface area contributed by atoms with Crippen molar-refractivity contribution in [2.75, 3.05) is 36.4 Å². The zero-order valence-electron chi connectivity index (χ0n) is 18.3. The lowest BCUT2D eigenvalue weighted by atomic mass is 9.95. The Bertz CT molecular complexity index is 1080. The van der Waals surface area contributed by atoms with Crippen LogP contribution in [0.15, 0.2) is 41.4 Å². The molecular weight excluding hydrogens is 431 g/mol. The van der Waals surface area contributed by atoms with Gasteiger partial charge in [0.15, 0.2) is 0 Å². The molecule has 2 aliphatic heterocycles. The number of amides is 1. The maximum atomic E-state index is 13.8. The number of hydrogen-bond donors (Lipinski definition) is 1. The number of pyridine rings is 1. The summed E-state index contributed by atoms with van der Waals surface area (Å²) in [6, 6.07) is 7.93. The van der Waals surface area contributed by atoms with E-state index in [1.807, 2.05) is 4.90 Å². The number of halogens is 1. The van der Waals surface area contributed by atoms with Gasteiger partial charge >= 0.3 is 0 Å². The normalized spacial score (nSPS) is 18.5. The van der Waals surface area contributed by atoms with Crippen LogP contribution in [0.4, 0.5) is 15.9 Å². The van der Waals surface area contributed by atoms with Crippen molar-refractivity contribution in [3.05, 3.63) is 47.9 Å². The van der Waals surface area contributed by atoms with Crippen molar-refractivity contribution in [1.82, 2.24) is 9.29 Å². The molecule has 2 saturated heterocycles. The number of sulfonamides is 1. The lowest BCUT2D eigenvalue weighted by Gasteiger charge is -2.34. The van der Waals surface area contributed by atoms with E-state index in [0.717, 1.165) is 19.3 Å². The van der Waals surface area contributed by atoms with E-state index in [4.69, 9.17) is 0 Å². The molecule has 9 heteroatoms. The zero-order valence-corrected chi connectivity index (χ0v) is 19.1. The second-order valence-corrected chi connectivity index (χ2v) is 10.4. The van der Waals surface area contributed by atoms with Crippen LogP contribution in [0.5, 0.6) is 0 Å². The molecule has 172 valence electrons. The molecule has 3 heterocycles. The van der Waals surface area contributed by atoms with Gasteiger partial charge in [0.05, 0.1) is 0 Å². The first-order valence-electron chi connectivity index (χ1n) is 11.1. The van der Waals surface area contributed by atoms with Gasteiger partial charge < -0.3 is 10.2 Å². The molecule has 1 aromatic heterocycles. The van der Waals surface area contributed by atoms with Gasteiger partial charge in [0.2, 0.25) is 15.9 Å². The van der Waals surface area contributed by atoms with Gasteiger partial charge in [-0.3, -0.25) is 4.79 Å². The van der Waals surface area contributed by atoms with Gasteiger partial charge in [0, 0.05) is 44.0 Å². The number of aromatic nitrogens is 1. The first-order valence-corrected chi connectivity index (χ1v) is 12.6. The molecular formula is C23H29FN4O3S. The molecule has 0 saturated carbocycles. The monoisotopic (exact) mass is 460 g/mol. The Morgan fingerprint density at radius 2 is 1.81 bits per heavy atom. The van der Waals surface area contributed by atoms with Crippen LogP contribution in [-0.4, -0.2) is 49.8 Å². The Hall–Kier alpha value is -2.52. The molecule has 2 fully saturated rings. The van der Waals surface area contributed by atoms with Crippen molar-refractivity contribution in [2.24, 2.45) is 5.92 Å². The van der Waals surface area contributed by atoms with E-state index in [2.05, 4.69) is 10.3 Å². The van der Waals surface area contributed by atoms with Crippen molar-refractivity contribution < 1.29 is 17.6 Å². The van der Waals surface area contributed by atoms with E-state index in [-0.39, 0.29) is 22.5 Å². The molecule has 32 heavy (non-hydrogen) atoms. The Morgan fingerprint density at radius 1 is 1.09 bits per heavy atom. The SMILES string of the molecule is Cc1ccc(NC(=O)C2CCN(c3ncccc3S(=O)(=O)N3CCCCC3)CC2)cc1F. The highest BCUT2D eigenvalue weighted by atomic mass is 32.2. The standard InChI is InChI=1S/C23H29FN4O3S/c1-17-7-8-19(16-20(17)24)26-23(29)18-9-14-27(15-10-18)22-21(6-5-11-25-22)32(30,31)28-12-3-2-4-13-28/h5-8,11,16,18H,2-4,9-10,12-15H2,1H3,(H,26,29). The Morgan fingerprint density at radius 3 is 2.50 bits per heavy atom. The summed E-state index contributed by atoms with van der Waals surface area (Å²) in [4.78, 5) is 19.3. The molecule has 1 N–H and O–H groups in total. The molecule has 0 bridgehead atoms. The smallest absolute Gasteiger partial charge is 0.246 e. The third-order valence-electron chi connectivity index (χ3n) is 6.29. The Balaban J connectivity index is 1.43. The predicted molar refractivity (Wildman–Crippen MR) is 122 cm³/mol. The molecule has 7 nitrogen and oxygen atoms in total. The topological polar surface area (TPSA) is 82.6 Å². The van der Waals surface area contributed by atoms with Gasteiger partial charge in [-0.2, -0.15) is 4.31 Å². The molecule has 0 atom stereocenters. The lowest BCUT2D eigenvalue weighted by Crippen LogP contribution is -2.40. The van der Waals surface area contributed by atoms with Crippen LogP contribution >= 0.6 is 0 Å². The third-order valence-corrected chi connectivity index (χ3v) is 8.21. The number of rotatable bonds is 5. The summed E-state index contributed by atoms with van der Waals surface area (Å²) in [5.74, 6) is -0.260. The molecule has 2 aliphatic rings. The predicted octanol–water partition coefficient (Wildman–Crippen LogP) is 3.56. The van der Waals surface area contributed by atoms with Crippen molar-refractivity contribution >= 4 is 27.4 Å². The van der Waals surface area contributed by atoms with Crippen LogP contribution in [0.2, 0.25) is 0 Å². The highest BCUT2D eigenvalue weighted by Gasteiger charge is 2.32. The van der Waals surface area contributed by atoms with Crippen molar-refractivity contribution in [2.45, 2.75) is 43.9 Å². The number of carbonyl (C=O) groups is 1. The largest absolute Gasteiger partial charge is 0.355 e. The molecule has 1 amide bonds. The van der Waals surface area contributed by atoms with Crippen molar-refractivity contribution in [3.8, 4) is 0 Å². The molecule has 4 rings (SSSR count). The number of nitrogens with one attached hydrogen (secondary N) is 1. The minimum Gasteiger partial charge on any atom is -0.355 e. The highest BCUT2D eigenvalue weighted by Crippen LogP contribution is 2.31. The first kappa shape index (κ1) is 22.7. The second kappa shape index (κ2) is 9.54. The molecule has 0 unspecified atom stereocenters. The zero-order chi connectivity index (χ0) is 22.7. The summed E-state index contributed by atoms with van der Waals surface area (Å²) >= 11 is 0. The number of piperidine rings is 2. The average molecular weight is 461 g/mol. The number of nitrogens with zero attached hydrogens (tertiary/aromatic N) is 3. The fourth-order valence-corrected chi connectivity index (χ4v) is 6.01. The fraction of sp³-hybridized carbons (Fsp3) is 0.478. The van der Waals surface area contributed by atoms with Gasteiger partial charge in [0.1, 0.15) is 16.5 Å². The number of benzene rings is 1. The van der Waals surface area contributed by atoms with E-state index in [1.165, 1.54) is 6.07 Å². The van der Waals surface area contributed by atoms with Crippen LogP contribution in [0.1, 0.15) is 37.7 Å². The van der Waals surface area contributed by atoms with Crippen LogP contribution in [0.3, 0.4) is 0 Å². The van der Waals surface area contributed by atoms with Crippen LogP contribution in [0.25, 0.3) is 0 Å². The van der Waals surface area contributed by atoms with Crippen LogP contribution in [0, 0.1) is 18.7 Å². The van der Waals surface area contributed by atoms with E-state index in [9.17, 15) is 17.6 Å². The number of hydrogen-bond acceptors (Lipinski definition) is 5. The minimum absolute atomic E-state index is 0.143. The third kappa shape index (κ3) is 4.78. The summed E-state index contributed by atoms with van der Waals surface area (Å²) in [5.41, 5.74) is 0.974. The van der Waals surface area contributed by atoms with E-state index < -0.39 is 10.0 Å².